The van der Waals surface area contributed by atoms with Crippen LogP contribution in [-0.2, 0) is 11.3 Å². The van der Waals surface area contributed by atoms with Crippen molar-refractivity contribution in [3.05, 3.63) is 54.0 Å². The molecule has 3 heterocycles. The van der Waals surface area contributed by atoms with E-state index < -0.39 is 0 Å². The van der Waals surface area contributed by atoms with Crippen LogP contribution in [0.25, 0.3) is 22.4 Å². The average molecular weight is 348 g/mol. The molecule has 3 aromatic rings. The lowest BCUT2D eigenvalue weighted by atomic mass is 10.0. The van der Waals surface area contributed by atoms with Gasteiger partial charge in [-0.3, -0.25) is 4.98 Å². The molecule has 0 N–H and O–H groups in total. The summed E-state index contributed by atoms with van der Waals surface area (Å²) >= 11 is 0. The molecule has 0 aliphatic carbocycles. The normalized spacial score (nSPS) is 17.4. The first-order valence-electron chi connectivity index (χ1n) is 9.26. The van der Waals surface area contributed by atoms with Crippen LogP contribution in [-0.4, -0.2) is 32.7 Å². The van der Waals surface area contributed by atoms with Crippen molar-refractivity contribution in [2.45, 2.75) is 45.8 Å². The minimum absolute atomic E-state index is 0.252. The Bertz CT molecular complexity index is 879. The molecule has 1 saturated heterocycles. The number of hydrogen-bond acceptors (Lipinski definition) is 4. The van der Waals surface area contributed by atoms with Crippen molar-refractivity contribution in [1.29, 1.82) is 0 Å². The minimum atomic E-state index is 0.252. The molecule has 0 saturated carbocycles. The highest BCUT2D eigenvalue weighted by Gasteiger charge is 2.18. The van der Waals surface area contributed by atoms with Gasteiger partial charge in [-0.25, -0.2) is 4.68 Å². The zero-order valence-electron chi connectivity index (χ0n) is 15.4. The van der Waals surface area contributed by atoms with Crippen molar-refractivity contribution in [3.8, 4) is 22.4 Å². The van der Waals surface area contributed by atoms with E-state index in [1.807, 2.05) is 23.9 Å². The van der Waals surface area contributed by atoms with Gasteiger partial charge in [0.25, 0.3) is 0 Å². The van der Waals surface area contributed by atoms with E-state index in [0.29, 0.717) is 0 Å². The molecule has 26 heavy (non-hydrogen) atoms. The number of benzene rings is 1. The van der Waals surface area contributed by atoms with E-state index in [1.54, 1.807) is 0 Å². The summed E-state index contributed by atoms with van der Waals surface area (Å²) in [6, 6.07) is 12.5. The van der Waals surface area contributed by atoms with Crippen LogP contribution in [0.5, 0.6) is 0 Å². The SMILES string of the molecule is Cc1ccc(-c2cccc(-c3nnn(C[C@H]4CCCCO4)c3C)c2)cn1. The number of rotatable bonds is 4. The lowest BCUT2D eigenvalue weighted by Crippen LogP contribution is -2.25. The molecule has 0 unspecified atom stereocenters. The number of pyridine rings is 1. The van der Waals surface area contributed by atoms with E-state index in [2.05, 4.69) is 52.6 Å². The summed E-state index contributed by atoms with van der Waals surface area (Å²) < 4.78 is 7.82. The molecular weight excluding hydrogens is 324 g/mol. The lowest BCUT2D eigenvalue weighted by molar-refractivity contribution is 0.00337. The summed E-state index contributed by atoms with van der Waals surface area (Å²) in [6.07, 6.45) is 5.67. The maximum atomic E-state index is 5.84. The number of nitrogens with zero attached hydrogens (tertiary/aromatic N) is 4. The number of ether oxygens (including phenoxy) is 1. The largest absolute Gasteiger partial charge is 0.376 e. The molecule has 134 valence electrons. The zero-order valence-corrected chi connectivity index (χ0v) is 15.4. The fourth-order valence-corrected chi connectivity index (χ4v) is 3.43. The first kappa shape index (κ1) is 16.9. The van der Waals surface area contributed by atoms with Crippen LogP contribution in [0, 0.1) is 13.8 Å². The third kappa shape index (κ3) is 3.53. The number of aromatic nitrogens is 4. The highest BCUT2D eigenvalue weighted by Crippen LogP contribution is 2.27. The fourth-order valence-electron chi connectivity index (χ4n) is 3.43. The number of hydrogen-bond donors (Lipinski definition) is 0. The van der Waals surface area contributed by atoms with Gasteiger partial charge >= 0.3 is 0 Å². The molecule has 1 aromatic carbocycles. The fraction of sp³-hybridized carbons (Fsp3) is 0.381. The van der Waals surface area contributed by atoms with Gasteiger partial charge < -0.3 is 4.74 Å². The summed E-state index contributed by atoms with van der Waals surface area (Å²) in [4.78, 5) is 4.40. The van der Waals surface area contributed by atoms with Crippen molar-refractivity contribution in [2.75, 3.05) is 6.61 Å². The Morgan fingerprint density at radius 3 is 2.73 bits per heavy atom. The Hall–Kier alpha value is -2.53. The van der Waals surface area contributed by atoms with E-state index in [9.17, 15) is 0 Å². The van der Waals surface area contributed by atoms with Gasteiger partial charge in [-0.05, 0) is 50.8 Å². The van der Waals surface area contributed by atoms with Crippen LogP contribution in [0.2, 0.25) is 0 Å². The van der Waals surface area contributed by atoms with Crippen LogP contribution in [0.4, 0.5) is 0 Å². The summed E-state index contributed by atoms with van der Waals surface area (Å²) in [5.41, 5.74) is 6.36. The third-order valence-electron chi connectivity index (χ3n) is 5.01. The smallest absolute Gasteiger partial charge is 0.115 e. The van der Waals surface area contributed by atoms with Crippen LogP contribution < -0.4 is 0 Å². The minimum Gasteiger partial charge on any atom is -0.376 e. The number of aryl methyl sites for hydroxylation is 1. The van der Waals surface area contributed by atoms with Crippen LogP contribution in [0.15, 0.2) is 42.6 Å². The molecule has 2 aromatic heterocycles. The molecule has 1 atom stereocenters. The topological polar surface area (TPSA) is 52.8 Å². The van der Waals surface area contributed by atoms with Crippen molar-refractivity contribution >= 4 is 0 Å². The maximum absolute atomic E-state index is 5.84. The van der Waals surface area contributed by atoms with Gasteiger partial charge in [0.2, 0.25) is 0 Å². The molecule has 0 amide bonds. The molecule has 0 radical (unpaired) electrons. The summed E-state index contributed by atoms with van der Waals surface area (Å²) in [6.45, 7) is 5.72. The van der Waals surface area contributed by atoms with Gasteiger partial charge in [-0.1, -0.05) is 29.5 Å². The predicted octanol–water partition coefficient (Wildman–Crippen LogP) is 4.19. The van der Waals surface area contributed by atoms with Crippen molar-refractivity contribution in [3.63, 3.8) is 0 Å². The van der Waals surface area contributed by atoms with Gasteiger partial charge in [0.1, 0.15) is 5.69 Å². The van der Waals surface area contributed by atoms with E-state index in [0.717, 1.165) is 53.3 Å². The standard InChI is InChI=1S/C21H24N4O/c1-15-9-10-19(13-22-15)17-6-5-7-18(12-17)21-16(2)25(24-23-21)14-20-8-3-4-11-26-20/h5-7,9-10,12-13,20H,3-4,8,11,14H2,1-2H3/t20-/m1/s1. The van der Waals surface area contributed by atoms with Gasteiger partial charge in [0, 0.05) is 29.6 Å². The molecule has 0 spiro atoms. The van der Waals surface area contributed by atoms with Gasteiger partial charge in [-0.2, -0.15) is 0 Å². The zero-order chi connectivity index (χ0) is 17.9. The quantitative estimate of drug-likeness (QED) is 0.709. The Morgan fingerprint density at radius 2 is 1.96 bits per heavy atom. The second-order valence-corrected chi connectivity index (χ2v) is 6.96. The predicted molar refractivity (Wildman–Crippen MR) is 102 cm³/mol. The maximum Gasteiger partial charge on any atom is 0.115 e. The molecule has 5 nitrogen and oxygen atoms in total. The second kappa shape index (κ2) is 7.38. The summed E-state index contributed by atoms with van der Waals surface area (Å²) in [7, 11) is 0. The van der Waals surface area contributed by atoms with Gasteiger partial charge in [0.05, 0.1) is 18.3 Å². The van der Waals surface area contributed by atoms with Crippen molar-refractivity contribution in [2.24, 2.45) is 0 Å². The van der Waals surface area contributed by atoms with E-state index in [1.165, 1.54) is 12.8 Å². The first-order chi connectivity index (χ1) is 12.7. The third-order valence-corrected chi connectivity index (χ3v) is 5.01. The van der Waals surface area contributed by atoms with Crippen LogP contribution in [0.1, 0.15) is 30.7 Å². The molecule has 1 aliphatic rings. The molecule has 1 aliphatic heterocycles. The highest BCUT2D eigenvalue weighted by atomic mass is 16.5. The van der Waals surface area contributed by atoms with Crippen molar-refractivity contribution in [1.82, 2.24) is 20.0 Å². The van der Waals surface area contributed by atoms with E-state index in [4.69, 9.17) is 4.74 Å². The van der Waals surface area contributed by atoms with Crippen LogP contribution >= 0.6 is 0 Å². The van der Waals surface area contributed by atoms with Crippen molar-refractivity contribution < 1.29 is 4.74 Å². The molecular formula is C21H24N4O. The van der Waals surface area contributed by atoms with Gasteiger partial charge in [0.15, 0.2) is 0 Å². The highest BCUT2D eigenvalue weighted by molar-refractivity contribution is 5.71. The van der Waals surface area contributed by atoms with Crippen LogP contribution in [0.3, 0.4) is 0 Å². The molecule has 0 bridgehead atoms. The Morgan fingerprint density at radius 1 is 1.08 bits per heavy atom. The van der Waals surface area contributed by atoms with E-state index >= 15 is 0 Å². The Labute approximate surface area is 154 Å². The van der Waals surface area contributed by atoms with Gasteiger partial charge in [-0.15, -0.1) is 5.10 Å². The first-order valence-corrected chi connectivity index (χ1v) is 9.26. The second-order valence-electron chi connectivity index (χ2n) is 6.96. The van der Waals surface area contributed by atoms with E-state index in [-0.39, 0.29) is 6.10 Å². The molecule has 5 heteroatoms. The monoisotopic (exact) mass is 348 g/mol. The summed E-state index contributed by atoms with van der Waals surface area (Å²) in [5.74, 6) is 0. The Kier molecular flexibility index (Phi) is 4.80. The Balaban J connectivity index is 1.59. The average Bonchev–Trinajstić information content (AvgIpc) is 3.04. The summed E-state index contributed by atoms with van der Waals surface area (Å²) in [5, 5.41) is 8.82. The lowest BCUT2D eigenvalue weighted by Gasteiger charge is -2.22. The molecule has 1 fully saturated rings. The molecule has 4 rings (SSSR count).